The molecule has 19 heavy (non-hydrogen) atoms. The van der Waals surface area contributed by atoms with Crippen LogP contribution in [0.2, 0.25) is 0 Å². The van der Waals surface area contributed by atoms with Crippen LogP contribution in [0.5, 0.6) is 0 Å². The Bertz CT molecular complexity index is 458. The number of nitriles is 1. The van der Waals surface area contributed by atoms with Crippen LogP contribution in [0.15, 0.2) is 30.3 Å². The lowest BCUT2D eigenvalue weighted by molar-refractivity contribution is 0.109. The Kier molecular flexibility index (Phi) is 3.96. The Morgan fingerprint density at radius 1 is 1.26 bits per heavy atom. The highest BCUT2D eigenvalue weighted by Crippen LogP contribution is 2.43. The molecule has 102 valence electrons. The number of hydrogen-bond acceptors (Lipinski definition) is 2. The van der Waals surface area contributed by atoms with Gasteiger partial charge in [-0.25, -0.2) is 0 Å². The Balaban J connectivity index is 2.06. The fourth-order valence-corrected chi connectivity index (χ4v) is 3.21. The molecule has 2 atom stereocenters. The zero-order valence-electron chi connectivity index (χ0n) is 12.2. The summed E-state index contributed by atoms with van der Waals surface area (Å²) in [6, 6.07) is 12.9. The highest BCUT2D eigenvalue weighted by Gasteiger charge is 2.43. The molecule has 1 N–H and O–H groups in total. The van der Waals surface area contributed by atoms with E-state index < -0.39 is 0 Å². The largest absolute Gasteiger partial charge is 0.295 e. The van der Waals surface area contributed by atoms with Gasteiger partial charge in [0.2, 0.25) is 0 Å². The van der Waals surface area contributed by atoms with Crippen LogP contribution in [0, 0.1) is 22.7 Å². The van der Waals surface area contributed by atoms with Crippen LogP contribution in [0.3, 0.4) is 0 Å². The summed E-state index contributed by atoms with van der Waals surface area (Å²) in [6.45, 7) is 7.60. The summed E-state index contributed by atoms with van der Waals surface area (Å²) in [4.78, 5) is 0. The first kappa shape index (κ1) is 14.1. The van der Waals surface area contributed by atoms with Crippen molar-refractivity contribution in [2.24, 2.45) is 11.3 Å². The second-order valence-corrected chi connectivity index (χ2v) is 6.69. The van der Waals surface area contributed by atoms with Crippen molar-refractivity contribution in [3.05, 3.63) is 35.9 Å². The van der Waals surface area contributed by atoms with E-state index in [2.05, 4.69) is 44.3 Å². The maximum Gasteiger partial charge on any atom is 0.109 e. The zero-order valence-corrected chi connectivity index (χ0v) is 12.2. The van der Waals surface area contributed by atoms with Gasteiger partial charge in [0.1, 0.15) is 5.54 Å². The molecule has 0 saturated heterocycles. The standard InChI is InChI=1S/C17H24N2/c1-14-11-16(2,3)9-10-17(14,13-18)19-12-15-7-5-4-6-8-15/h4-8,14,19H,9-12H2,1-3H3. The summed E-state index contributed by atoms with van der Waals surface area (Å²) in [5.41, 5.74) is 1.26. The maximum atomic E-state index is 9.65. The molecule has 2 unspecified atom stereocenters. The van der Waals surface area contributed by atoms with E-state index in [1.807, 2.05) is 18.2 Å². The van der Waals surface area contributed by atoms with Crippen molar-refractivity contribution in [2.45, 2.75) is 52.1 Å². The third kappa shape index (κ3) is 3.16. The van der Waals surface area contributed by atoms with Gasteiger partial charge in [0.05, 0.1) is 6.07 Å². The first-order valence-electron chi connectivity index (χ1n) is 7.18. The van der Waals surface area contributed by atoms with Gasteiger partial charge in [-0.3, -0.25) is 5.32 Å². The monoisotopic (exact) mass is 256 g/mol. The lowest BCUT2D eigenvalue weighted by atomic mass is 9.64. The zero-order chi connectivity index (χ0) is 13.9. The normalized spacial score (nSPS) is 29.7. The second kappa shape index (κ2) is 5.35. The minimum atomic E-state index is -0.356. The molecule has 2 rings (SSSR count). The first-order chi connectivity index (χ1) is 8.97. The second-order valence-electron chi connectivity index (χ2n) is 6.69. The number of rotatable bonds is 3. The Morgan fingerprint density at radius 2 is 1.95 bits per heavy atom. The van der Waals surface area contributed by atoms with Crippen molar-refractivity contribution in [1.29, 1.82) is 5.26 Å². The third-order valence-corrected chi connectivity index (χ3v) is 4.55. The Hall–Kier alpha value is -1.33. The van der Waals surface area contributed by atoms with E-state index in [1.165, 1.54) is 5.56 Å². The van der Waals surface area contributed by atoms with E-state index in [-0.39, 0.29) is 5.54 Å². The molecule has 1 aliphatic rings. The fraction of sp³-hybridized carbons (Fsp3) is 0.588. The van der Waals surface area contributed by atoms with Gasteiger partial charge in [0.25, 0.3) is 0 Å². The van der Waals surface area contributed by atoms with Crippen molar-refractivity contribution < 1.29 is 0 Å². The van der Waals surface area contributed by atoms with Crippen LogP contribution < -0.4 is 5.32 Å². The van der Waals surface area contributed by atoms with Gasteiger partial charge >= 0.3 is 0 Å². The first-order valence-corrected chi connectivity index (χ1v) is 7.18. The molecule has 2 nitrogen and oxygen atoms in total. The summed E-state index contributed by atoms with van der Waals surface area (Å²) in [6.07, 6.45) is 3.18. The summed E-state index contributed by atoms with van der Waals surface area (Å²) >= 11 is 0. The van der Waals surface area contributed by atoms with Crippen LogP contribution in [0.1, 0.15) is 45.6 Å². The molecule has 2 heteroatoms. The topological polar surface area (TPSA) is 35.8 Å². The van der Waals surface area contributed by atoms with Crippen molar-refractivity contribution in [3.8, 4) is 6.07 Å². The quantitative estimate of drug-likeness (QED) is 0.890. The summed E-state index contributed by atoms with van der Waals surface area (Å²) in [5, 5.41) is 13.2. The average molecular weight is 256 g/mol. The highest BCUT2D eigenvalue weighted by atomic mass is 15.0. The van der Waals surface area contributed by atoms with Crippen molar-refractivity contribution in [3.63, 3.8) is 0 Å². The predicted molar refractivity (Wildman–Crippen MR) is 78.4 cm³/mol. The van der Waals surface area contributed by atoms with Crippen LogP contribution >= 0.6 is 0 Å². The number of benzene rings is 1. The van der Waals surface area contributed by atoms with Gasteiger partial charge < -0.3 is 0 Å². The molecule has 0 aliphatic heterocycles. The Labute approximate surface area is 116 Å². The maximum absolute atomic E-state index is 9.65. The molecular weight excluding hydrogens is 232 g/mol. The van der Waals surface area contributed by atoms with Gasteiger partial charge in [-0.2, -0.15) is 5.26 Å². The number of nitrogens with one attached hydrogen (secondary N) is 1. The molecule has 0 aromatic heterocycles. The third-order valence-electron chi connectivity index (χ3n) is 4.55. The molecule has 0 amide bonds. The Morgan fingerprint density at radius 3 is 2.53 bits per heavy atom. The predicted octanol–water partition coefficient (Wildman–Crippen LogP) is 3.88. The van der Waals surface area contributed by atoms with E-state index in [9.17, 15) is 5.26 Å². The molecule has 0 bridgehead atoms. The lowest BCUT2D eigenvalue weighted by Crippen LogP contribution is -2.53. The molecule has 1 aliphatic carbocycles. The summed E-state index contributed by atoms with van der Waals surface area (Å²) in [7, 11) is 0. The molecule has 1 aromatic carbocycles. The van der Waals surface area contributed by atoms with Crippen molar-refractivity contribution in [2.75, 3.05) is 0 Å². The number of hydrogen-bond donors (Lipinski definition) is 1. The lowest BCUT2D eigenvalue weighted by Gasteiger charge is -2.45. The molecule has 0 radical (unpaired) electrons. The van der Waals surface area contributed by atoms with E-state index in [0.29, 0.717) is 11.3 Å². The van der Waals surface area contributed by atoms with Crippen LogP contribution in [-0.2, 0) is 6.54 Å². The molecule has 0 heterocycles. The smallest absolute Gasteiger partial charge is 0.109 e. The van der Waals surface area contributed by atoms with Gasteiger partial charge in [0.15, 0.2) is 0 Å². The fourth-order valence-electron chi connectivity index (χ4n) is 3.21. The molecular formula is C17H24N2. The van der Waals surface area contributed by atoms with Crippen molar-refractivity contribution >= 4 is 0 Å². The van der Waals surface area contributed by atoms with Gasteiger partial charge in [-0.15, -0.1) is 0 Å². The molecule has 1 fully saturated rings. The summed E-state index contributed by atoms with van der Waals surface area (Å²) in [5.74, 6) is 0.393. The van der Waals surface area contributed by atoms with E-state index in [0.717, 1.165) is 25.8 Å². The van der Waals surface area contributed by atoms with Gasteiger partial charge in [-0.1, -0.05) is 51.1 Å². The van der Waals surface area contributed by atoms with Gasteiger partial charge in [-0.05, 0) is 36.2 Å². The average Bonchev–Trinajstić information content (AvgIpc) is 2.39. The highest BCUT2D eigenvalue weighted by molar-refractivity contribution is 5.18. The number of nitrogens with zero attached hydrogens (tertiary/aromatic N) is 1. The van der Waals surface area contributed by atoms with Gasteiger partial charge in [0, 0.05) is 6.54 Å². The summed E-state index contributed by atoms with van der Waals surface area (Å²) < 4.78 is 0. The minimum Gasteiger partial charge on any atom is -0.295 e. The molecule has 0 spiro atoms. The van der Waals surface area contributed by atoms with Crippen LogP contribution in [0.4, 0.5) is 0 Å². The van der Waals surface area contributed by atoms with Crippen LogP contribution in [0.25, 0.3) is 0 Å². The van der Waals surface area contributed by atoms with E-state index in [4.69, 9.17) is 0 Å². The van der Waals surface area contributed by atoms with E-state index >= 15 is 0 Å². The molecule has 1 aromatic rings. The van der Waals surface area contributed by atoms with E-state index in [1.54, 1.807) is 0 Å². The van der Waals surface area contributed by atoms with Crippen molar-refractivity contribution in [1.82, 2.24) is 5.32 Å². The van der Waals surface area contributed by atoms with Crippen LogP contribution in [-0.4, -0.2) is 5.54 Å². The SMILES string of the molecule is CC1CC(C)(C)CCC1(C#N)NCc1ccccc1. The molecule has 1 saturated carbocycles. The minimum absolute atomic E-state index is 0.356.